The van der Waals surface area contributed by atoms with Gasteiger partial charge < -0.3 is 14.7 Å². The summed E-state index contributed by atoms with van der Waals surface area (Å²) in [5.74, 6) is 0.355. The Morgan fingerprint density at radius 1 is 1.53 bits per heavy atom. The summed E-state index contributed by atoms with van der Waals surface area (Å²) in [7, 11) is 1.30. The van der Waals surface area contributed by atoms with E-state index in [0.29, 0.717) is 0 Å². The number of carbonyl (C=O) groups is 1. The molecule has 0 aromatic carbocycles. The Bertz CT molecular complexity index is 430. The summed E-state index contributed by atoms with van der Waals surface area (Å²) in [5.41, 5.74) is 0. The molecule has 1 atom stereocenters. The van der Waals surface area contributed by atoms with E-state index in [2.05, 4.69) is 30.6 Å². The van der Waals surface area contributed by atoms with E-state index >= 15 is 0 Å². The number of methoxy groups -OCH3 is 1. The normalized spacial score (nSPS) is 18.2. The van der Waals surface area contributed by atoms with Gasteiger partial charge in [-0.05, 0) is 46.8 Å². The molecule has 1 fully saturated rings. The zero-order valence-electron chi connectivity index (χ0n) is 10.8. The van der Waals surface area contributed by atoms with Gasteiger partial charge in [0.1, 0.15) is 5.82 Å². The number of aliphatic hydroxyl groups is 1. The lowest BCUT2D eigenvalue weighted by atomic mass is 9.91. The molecule has 0 aliphatic carbocycles. The fraction of sp³-hybridized carbons (Fsp3) is 0.538. The average molecular weight is 329 g/mol. The van der Waals surface area contributed by atoms with E-state index in [1.54, 1.807) is 6.20 Å². The lowest BCUT2D eigenvalue weighted by Crippen LogP contribution is -2.41. The molecule has 2 rings (SSSR count). The highest BCUT2D eigenvalue weighted by Crippen LogP contribution is 2.25. The van der Waals surface area contributed by atoms with Crippen molar-refractivity contribution in [3.05, 3.63) is 22.8 Å². The smallest absolute Gasteiger partial charge is 0.334 e. The highest BCUT2D eigenvalue weighted by molar-refractivity contribution is 9.10. The number of esters is 1. The minimum Gasteiger partial charge on any atom is -0.467 e. The lowest BCUT2D eigenvalue weighted by molar-refractivity contribution is -0.153. The molecule has 0 amide bonds. The van der Waals surface area contributed by atoms with Crippen molar-refractivity contribution >= 4 is 27.7 Å². The number of pyridine rings is 1. The van der Waals surface area contributed by atoms with Gasteiger partial charge in [-0.1, -0.05) is 0 Å². The first-order valence-corrected chi connectivity index (χ1v) is 7.03. The monoisotopic (exact) mass is 328 g/mol. The number of halogens is 1. The van der Waals surface area contributed by atoms with Crippen LogP contribution in [-0.2, 0) is 9.53 Å². The van der Waals surface area contributed by atoms with Gasteiger partial charge in [0, 0.05) is 23.8 Å². The topological polar surface area (TPSA) is 62.7 Å². The van der Waals surface area contributed by atoms with E-state index in [4.69, 9.17) is 0 Å². The first kappa shape index (κ1) is 14.3. The molecule has 0 saturated carbocycles. The van der Waals surface area contributed by atoms with Crippen LogP contribution in [0, 0.1) is 5.92 Å². The van der Waals surface area contributed by atoms with Crippen molar-refractivity contribution in [3.8, 4) is 0 Å². The standard InChI is InChI=1S/C13H17BrN2O3/c1-19-13(18)12(17)9-4-6-16(7-5-9)11-3-2-10(14)8-15-11/h2-3,8-9,12,17H,4-7H2,1H3/t12-/m0/s1. The minimum atomic E-state index is -1.01. The van der Waals surface area contributed by atoms with E-state index in [1.807, 2.05) is 12.1 Å². The number of nitrogens with zero attached hydrogens (tertiary/aromatic N) is 2. The Labute approximate surface area is 120 Å². The van der Waals surface area contributed by atoms with E-state index in [1.165, 1.54) is 7.11 Å². The van der Waals surface area contributed by atoms with Gasteiger partial charge in [-0.3, -0.25) is 0 Å². The Morgan fingerprint density at radius 2 is 2.21 bits per heavy atom. The number of hydrogen-bond donors (Lipinski definition) is 1. The van der Waals surface area contributed by atoms with Gasteiger partial charge in [-0.2, -0.15) is 0 Å². The van der Waals surface area contributed by atoms with E-state index in [-0.39, 0.29) is 5.92 Å². The second-order valence-corrected chi connectivity index (χ2v) is 5.54. The third-order valence-corrected chi connectivity index (χ3v) is 3.93. The number of anilines is 1. The molecule has 19 heavy (non-hydrogen) atoms. The van der Waals surface area contributed by atoms with Gasteiger partial charge in [-0.15, -0.1) is 0 Å². The van der Waals surface area contributed by atoms with Crippen molar-refractivity contribution in [3.63, 3.8) is 0 Å². The van der Waals surface area contributed by atoms with Crippen molar-refractivity contribution in [2.75, 3.05) is 25.1 Å². The SMILES string of the molecule is COC(=O)[C@@H](O)C1CCN(c2ccc(Br)cn2)CC1. The molecule has 0 unspecified atom stereocenters. The Hall–Kier alpha value is -1.14. The molecule has 1 aliphatic heterocycles. The Balaban J connectivity index is 1.92. The quantitative estimate of drug-likeness (QED) is 0.854. The average Bonchev–Trinajstić information content (AvgIpc) is 2.46. The number of aliphatic hydroxyl groups excluding tert-OH is 1. The van der Waals surface area contributed by atoms with Gasteiger partial charge in [0.05, 0.1) is 7.11 Å². The molecule has 0 bridgehead atoms. The molecule has 1 aromatic rings. The van der Waals surface area contributed by atoms with Crippen molar-refractivity contribution in [1.29, 1.82) is 0 Å². The van der Waals surface area contributed by atoms with Gasteiger partial charge in [0.2, 0.25) is 0 Å². The van der Waals surface area contributed by atoms with E-state index < -0.39 is 12.1 Å². The summed E-state index contributed by atoms with van der Waals surface area (Å²) in [6, 6.07) is 3.92. The fourth-order valence-corrected chi connectivity index (χ4v) is 2.55. The van der Waals surface area contributed by atoms with Crippen LogP contribution in [0.4, 0.5) is 5.82 Å². The maximum atomic E-state index is 11.3. The van der Waals surface area contributed by atoms with Crippen molar-refractivity contribution < 1.29 is 14.6 Å². The maximum Gasteiger partial charge on any atom is 0.334 e. The van der Waals surface area contributed by atoms with Crippen LogP contribution < -0.4 is 4.90 Å². The van der Waals surface area contributed by atoms with Crippen LogP contribution >= 0.6 is 15.9 Å². The van der Waals surface area contributed by atoms with Crippen molar-refractivity contribution in [1.82, 2.24) is 4.98 Å². The molecule has 5 nitrogen and oxygen atoms in total. The summed E-state index contributed by atoms with van der Waals surface area (Å²) >= 11 is 3.36. The van der Waals surface area contributed by atoms with Gasteiger partial charge in [0.25, 0.3) is 0 Å². The highest BCUT2D eigenvalue weighted by Gasteiger charge is 2.30. The zero-order chi connectivity index (χ0) is 13.8. The van der Waals surface area contributed by atoms with Crippen LogP contribution in [0.25, 0.3) is 0 Å². The summed E-state index contributed by atoms with van der Waals surface area (Å²) in [4.78, 5) is 17.8. The Kier molecular flexibility index (Phi) is 4.76. The van der Waals surface area contributed by atoms with Crippen LogP contribution in [0.1, 0.15) is 12.8 Å². The fourth-order valence-electron chi connectivity index (χ4n) is 2.31. The van der Waals surface area contributed by atoms with Crippen LogP contribution in [0.3, 0.4) is 0 Å². The second kappa shape index (κ2) is 6.34. The molecule has 6 heteroatoms. The predicted octanol–water partition coefficient (Wildman–Crippen LogP) is 1.59. The maximum absolute atomic E-state index is 11.3. The molecule has 1 aromatic heterocycles. The lowest BCUT2D eigenvalue weighted by Gasteiger charge is -2.34. The van der Waals surface area contributed by atoms with E-state index in [0.717, 1.165) is 36.2 Å². The first-order valence-electron chi connectivity index (χ1n) is 6.24. The second-order valence-electron chi connectivity index (χ2n) is 4.63. The van der Waals surface area contributed by atoms with Gasteiger partial charge in [0.15, 0.2) is 6.10 Å². The summed E-state index contributed by atoms with van der Waals surface area (Å²) in [6.07, 6.45) is 2.28. The van der Waals surface area contributed by atoms with Crippen LogP contribution in [0.15, 0.2) is 22.8 Å². The van der Waals surface area contributed by atoms with E-state index in [9.17, 15) is 9.90 Å². The molecule has 1 N–H and O–H groups in total. The summed E-state index contributed by atoms with van der Waals surface area (Å²) in [5, 5.41) is 9.82. The number of rotatable bonds is 3. The highest BCUT2D eigenvalue weighted by atomic mass is 79.9. The zero-order valence-corrected chi connectivity index (χ0v) is 12.3. The predicted molar refractivity (Wildman–Crippen MR) is 74.9 cm³/mol. The molecule has 1 saturated heterocycles. The summed E-state index contributed by atoms with van der Waals surface area (Å²) in [6.45, 7) is 1.57. The van der Waals surface area contributed by atoms with Gasteiger partial charge >= 0.3 is 5.97 Å². The number of ether oxygens (including phenoxy) is 1. The number of aromatic nitrogens is 1. The van der Waals surface area contributed by atoms with Crippen molar-refractivity contribution in [2.45, 2.75) is 18.9 Å². The molecule has 104 valence electrons. The number of carbonyl (C=O) groups excluding carboxylic acids is 1. The number of piperidine rings is 1. The van der Waals surface area contributed by atoms with Crippen LogP contribution in [0.2, 0.25) is 0 Å². The van der Waals surface area contributed by atoms with Crippen LogP contribution in [0.5, 0.6) is 0 Å². The molecular weight excluding hydrogens is 312 g/mol. The minimum absolute atomic E-state index is 0.0286. The molecule has 0 spiro atoms. The molecular formula is C13H17BrN2O3. The largest absolute Gasteiger partial charge is 0.467 e. The van der Waals surface area contributed by atoms with Gasteiger partial charge in [-0.25, -0.2) is 9.78 Å². The summed E-state index contributed by atoms with van der Waals surface area (Å²) < 4.78 is 5.52. The molecule has 2 heterocycles. The number of hydrogen-bond acceptors (Lipinski definition) is 5. The third-order valence-electron chi connectivity index (χ3n) is 3.46. The Morgan fingerprint density at radius 3 is 2.74 bits per heavy atom. The third kappa shape index (κ3) is 3.45. The molecule has 0 radical (unpaired) electrons. The first-order chi connectivity index (χ1) is 9.11. The van der Waals surface area contributed by atoms with Crippen LogP contribution in [-0.4, -0.2) is 42.4 Å². The molecule has 1 aliphatic rings. The van der Waals surface area contributed by atoms with Crippen molar-refractivity contribution in [2.24, 2.45) is 5.92 Å².